The van der Waals surface area contributed by atoms with E-state index in [1.807, 2.05) is 19.1 Å². The average Bonchev–Trinajstić information content (AvgIpc) is 3.36. The Morgan fingerprint density at radius 1 is 1.19 bits per heavy atom. The van der Waals surface area contributed by atoms with Gasteiger partial charge in [0, 0.05) is 6.04 Å². The monoisotopic (exact) mass is 494 g/mol. The Morgan fingerprint density at radius 3 is 2.56 bits per heavy atom. The number of nitrogens with one attached hydrogen (secondary N) is 1. The zero-order valence-corrected chi connectivity index (χ0v) is 20.2. The third kappa shape index (κ3) is 4.73. The van der Waals surface area contributed by atoms with Gasteiger partial charge < -0.3 is 30.1 Å². The smallest absolute Gasteiger partial charge is 0.245 e. The highest BCUT2D eigenvalue weighted by atomic mass is 16.6. The van der Waals surface area contributed by atoms with Crippen LogP contribution in [0.15, 0.2) is 30.6 Å². The number of nitrogens with zero attached hydrogens (tertiary/aromatic N) is 5. The number of imidazole rings is 1. The number of rotatable bonds is 6. The van der Waals surface area contributed by atoms with E-state index in [4.69, 9.17) is 19.7 Å². The first kappa shape index (κ1) is 24.4. The number of hydrogen-bond donors (Lipinski definition) is 4. The van der Waals surface area contributed by atoms with E-state index in [2.05, 4.69) is 21.4 Å². The third-order valence-corrected chi connectivity index (χ3v) is 7.03. The van der Waals surface area contributed by atoms with Gasteiger partial charge in [-0.3, -0.25) is 4.57 Å². The van der Waals surface area contributed by atoms with Crippen LogP contribution in [-0.2, 0) is 11.3 Å². The molecule has 0 amide bonds. The van der Waals surface area contributed by atoms with Crippen LogP contribution in [0.5, 0.6) is 5.88 Å². The van der Waals surface area contributed by atoms with Crippen molar-refractivity contribution in [2.75, 3.05) is 5.32 Å². The predicted molar refractivity (Wildman–Crippen MR) is 129 cm³/mol. The van der Waals surface area contributed by atoms with Crippen LogP contribution >= 0.6 is 0 Å². The highest BCUT2D eigenvalue weighted by Gasteiger charge is 2.43. The second kappa shape index (κ2) is 9.63. The van der Waals surface area contributed by atoms with Crippen LogP contribution in [0.3, 0.4) is 0 Å². The topological polar surface area (TPSA) is 159 Å². The Labute approximate surface area is 208 Å². The molecule has 0 unspecified atom stereocenters. The van der Waals surface area contributed by atoms with E-state index in [9.17, 15) is 15.3 Å². The zero-order valence-electron chi connectivity index (χ0n) is 20.2. The summed E-state index contributed by atoms with van der Waals surface area (Å²) in [6.07, 6.45) is 0.446. The van der Waals surface area contributed by atoms with Gasteiger partial charge in [-0.15, -0.1) is 0 Å². The van der Waals surface area contributed by atoms with E-state index >= 15 is 0 Å². The summed E-state index contributed by atoms with van der Waals surface area (Å²) in [5, 5.41) is 43.8. The van der Waals surface area contributed by atoms with Crippen molar-refractivity contribution in [3.8, 4) is 11.9 Å². The molecule has 0 radical (unpaired) electrons. The van der Waals surface area contributed by atoms with E-state index in [1.54, 1.807) is 23.6 Å². The molecule has 4 atom stereocenters. The molecule has 1 saturated heterocycles. The molecule has 3 aromatic rings. The van der Waals surface area contributed by atoms with Gasteiger partial charge in [0.2, 0.25) is 11.8 Å². The lowest BCUT2D eigenvalue weighted by molar-refractivity contribution is -0.0289. The second-order valence-corrected chi connectivity index (χ2v) is 9.88. The van der Waals surface area contributed by atoms with Crippen molar-refractivity contribution in [1.29, 1.82) is 5.26 Å². The van der Waals surface area contributed by atoms with Crippen molar-refractivity contribution in [1.82, 2.24) is 19.5 Å². The van der Waals surface area contributed by atoms with Crippen molar-refractivity contribution in [3.05, 3.63) is 41.7 Å². The summed E-state index contributed by atoms with van der Waals surface area (Å²) in [6, 6.07) is 9.21. The second-order valence-electron chi connectivity index (χ2n) is 9.88. The van der Waals surface area contributed by atoms with Crippen LogP contribution < -0.4 is 10.1 Å². The summed E-state index contributed by atoms with van der Waals surface area (Å²) in [7, 11) is 0. The molecule has 1 saturated carbocycles. The Bertz CT molecular complexity index is 1260. The normalized spacial score (nSPS) is 30.3. The predicted octanol–water partition coefficient (Wildman–Crippen LogP) is 2.02. The molecule has 11 nitrogen and oxygen atoms in total. The molecule has 4 N–H and O–H groups in total. The van der Waals surface area contributed by atoms with Crippen LogP contribution in [0.4, 0.5) is 5.95 Å². The first-order valence-corrected chi connectivity index (χ1v) is 12.1. The van der Waals surface area contributed by atoms with Gasteiger partial charge in [-0.1, -0.05) is 12.1 Å². The van der Waals surface area contributed by atoms with Gasteiger partial charge >= 0.3 is 0 Å². The molecule has 36 heavy (non-hydrogen) atoms. The minimum Gasteiger partial charge on any atom is -0.471 e. The molecule has 0 bridgehead atoms. The number of nitriles is 1. The molecular weight excluding hydrogens is 464 g/mol. The summed E-state index contributed by atoms with van der Waals surface area (Å²) in [6.45, 7) is 3.75. The highest BCUT2D eigenvalue weighted by molar-refractivity contribution is 5.79. The Balaban J connectivity index is 1.47. The Kier molecular flexibility index (Phi) is 6.53. The van der Waals surface area contributed by atoms with E-state index in [1.165, 1.54) is 6.33 Å². The standard InChI is InChI=1S/C25H30N6O5/c1-14-19(32)20(33)23(36-14)31-21-18(30-24(31)29-17-7-9-25(2,34)10-8-17)22(28-13-27-21)35-12-16-5-3-15(11-26)4-6-16/h3-6,13-14,17,19-20,23,32-34H,7-10,12H2,1-2H3,(H,29,30)/t14-,17?,19-,20-,23-,25?/m1/s1. The summed E-state index contributed by atoms with van der Waals surface area (Å²) in [4.78, 5) is 13.4. The molecule has 2 fully saturated rings. The molecule has 2 aromatic heterocycles. The lowest BCUT2D eigenvalue weighted by Crippen LogP contribution is -2.37. The lowest BCUT2D eigenvalue weighted by Gasteiger charge is -2.34. The lowest BCUT2D eigenvalue weighted by atomic mass is 9.84. The number of benzene rings is 1. The number of hydrogen-bond acceptors (Lipinski definition) is 10. The molecule has 2 aliphatic rings. The fourth-order valence-corrected chi connectivity index (χ4v) is 4.77. The molecule has 190 valence electrons. The van der Waals surface area contributed by atoms with Crippen LogP contribution in [0.2, 0.25) is 0 Å². The minimum absolute atomic E-state index is 0.0534. The van der Waals surface area contributed by atoms with Crippen molar-refractivity contribution in [2.24, 2.45) is 0 Å². The fourth-order valence-electron chi connectivity index (χ4n) is 4.77. The average molecular weight is 495 g/mol. The van der Waals surface area contributed by atoms with Gasteiger partial charge in [0.25, 0.3) is 0 Å². The first-order chi connectivity index (χ1) is 17.3. The highest BCUT2D eigenvalue weighted by Crippen LogP contribution is 2.37. The maximum atomic E-state index is 10.7. The molecule has 1 aromatic carbocycles. The summed E-state index contributed by atoms with van der Waals surface area (Å²) >= 11 is 0. The largest absolute Gasteiger partial charge is 0.471 e. The van der Waals surface area contributed by atoms with E-state index in [0.29, 0.717) is 35.5 Å². The number of ether oxygens (including phenoxy) is 2. The number of aromatic nitrogens is 4. The first-order valence-electron chi connectivity index (χ1n) is 12.1. The van der Waals surface area contributed by atoms with Crippen LogP contribution in [-0.4, -0.2) is 64.8 Å². The van der Waals surface area contributed by atoms with Gasteiger partial charge in [0.15, 0.2) is 17.4 Å². The number of fused-ring (bicyclic) bond motifs is 1. The molecule has 5 rings (SSSR count). The maximum absolute atomic E-state index is 10.7. The van der Waals surface area contributed by atoms with Crippen LogP contribution in [0.1, 0.15) is 56.9 Å². The van der Waals surface area contributed by atoms with Gasteiger partial charge in [0.1, 0.15) is 25.1 Å². The van der Waals surface area contributed by atoms with Crippen LogP contribution in [0, 0.1) is 11.3 Å². The van der Waals surface area contributed by atoms with E-state index in [-0.39, 0.29) is 18.5 Å². The molecule has 11 heteroatoms. The van der Waals surface area contributed by atoms with Crippen molar-refractivity contribution >= 4 is 17.1 Å². The van der Waals surface area contributed by atoms with E-state index in [0.717, 1.165) is 18.4 Å². The maximum Gasteiger partial charge on any atom is 0.245 e. The van der Waals surface area contributed by atoms with Crippen molar-refractivity contribution in [3.63, 3.8) is 0 Å². The molecule has 1 aliphatic heterocycles. The van der Waals surface area contributed by atoms with Gasteiger partial charge in [-0.25, -0.2) is 9.97 Å². The van der Waals surface area contributed by atoms with Gasteiger partial charge in [-0.2, -0.15) is 10.2 Å². The van der Waals surface area contributed by atoms with E-state index < -0.39 is 30.1 Å². The van der Waals surface area contributed by atoms with Crippen molar-refractivity contribution < 1.29 is 24.8 Å². The third-order valence-electron chi connectivity index (χ3n) is 7.03. The zero-order chi connectivity index (χ0) is 25.4. The molecule has 0 spiro atoms. The number of aliphatic hydroxyl groups is 3. The van der Waals surface area contributed by atoms with Gasteiger partial charge in [0.05, 0.1) is 23.3 Å². The molecule has 1 aliphatic carbocycles. The quantitative estimate of drug-likeness (QED) is 0.399. The summed E-state index contributed by atoms with van der Waals surface area (Å²) < 4.78 is 13.5. The van der Waals surface area contributed by atoms with Crippen molar-refractivity contribution in [2.45, 2.75) is 82.3 Å². The minimum atomic E-state index is -1.18. The van der Waals surface area contributed by atoms with Gasteiger partial charge in [-0.05, 0) is 57.2 Å². The SMILES string of the molecule is C[C@H]1O[C@@H](n2c(NC3CCC(C)(O)CC3)nc3c(OCc4ccc(C#N)cc4)ncnc32)[C@H](O)[C@@H]1O. The molecular formula is C25H30N6O5. The molecule has 3 heterocycles. The Morgan fingerprint density at radius 2 is 1.92 bits per heavy atom. The summed E-state index contributed by atoms with van der Waals surface area (Å²) in [5.41, 5.74) is 1.53. The fraction of sp³-hybridized carbons (Fsp3) is 0.520. The van der Waals surface area contributed by atoms with Crippen LogP contribution in [0.25, 0.3) is 11.2 Å². The number of anilines is 1. The number of aliphatic hydroxyl groups excluding tert-OH is 2. The summed E-state index contributed by atoms with van der Waals surface area (Å²) in [5.74, 6) is 0.685. The Hall–Kier alpha value is -3.30.